The van der Waals surface area contributed by atoms with Crippen molar-refractivity contribution in [1.82, 2.24) is 4.90 Å². The van der Waals surface area contributed by atoms with Crippen LogP contribution in [0.15, 0.2) is 0 Å². The van der Waals surface area contributed by atoms with Crippen molar-refractivity contribution in [2.75, 3.05) is 13.1 Å². The number of hydrogen-bond acceptors (Lipinski definition) is 2. The summed E-state index contributed by atoms with van der Waals surface area (Å²) < 4.78 is 0. The van der Waals surface area contributed by atoms with E-state index in [1.165, 1.54) is 0 Å². The molecule has 4 heteroatoms. The molecule has 1 aliphatic heterocycles. The summed E-state index contributed by atoms with van der Waals surface area (Å²) in [5.74, 6) is -0.748. The average molecular weight is 267 g/mol. The zero-order valence-electron chi connectivity index (χ0n) is 12.1. The van der Waals surface area contributed by atoms with Gasteiger partial charge in [0.25, 0.3) is 0 Å². The number of aliphatic carboxylic acids is 1. The van der Waals surface area contributed by atoms with Gasteiger partial charge in [0.1, 0.15) is 0 Å². The Morgan fingerprint density at radius 3 is 2.26 bits per heavy atom. The van der Waals surface area contributed by atoms with Crippen molar-refractivity contribution < 1.29 is 14.7 Å². The summed E-state index contributed by atoms with van der Waals surface area (Å²) >= 11 is 0. The first kappa shape index (κ1) is 14.4. The van der Waals surface area contributed by atoms with Crippen molar-refractivity contribution in [3.63, 3.8) is 0 Å². The van der Waals surface area contributed by atoms with E-state index in [-0.39, 0.29) is 12.3 Å². The van der Waals surface area contributed by atoms with Crippen LogP contribution in [0.2, 0.25) is 0 Å². The molecule has 0 aromatic rings. The van der Waals surface area contributed by atoms with E-state index in [2.05, 4.69) is 13.8 Å². The minimum absolute atomic E-state index is 0.0415. The lowest BCUT2D eigenvalue weighted by atomic mass is 9.66. The molecule has 1 N–H and O–H groups in total. The lowest BCUT2D eigenvalue weighted by Gasteiger charge is -2.38. The fourth-order valence-electron chi connectivity index (χ4n) is 3.14. The molecule has 0 atom stereocenters. The van der Waals surface area contributed by atoms with Gasteiger partial charge in [-0.2, -0.15) is 0 Å². The first-order chi connectivity index (χ1) is 8.85. The molecule has 2 fully saturated rings. The number of amides is 1. The van der Waals surface area contributed by atoms with Gasteiger partial charge in [-0.15, -0.1) is 0 Å². The molecule has 0 unspecified atom stereocenters. The summed E-state index contributed by atoms with van der Waals surface area (Å²) in [6.07, 6.45) is 5.63. The topological polar surface area (TPSA) is 57.6 Å². The van der Waals surface area contributed by atoms with Crippen LogP contribution in [0.4, 0.5) is 0 Å². The molecular formula is C15H25NO3. The van der Waals surface area contributed by atoms with E-state index < -0.39 is 11.4 Å². The Hall–Kier alpha value is -1.06. The molecule has 19 heavy (non-hydrogen) atoms. The number of hydrogen-bond donors (Lipinski definition) is 1. The van der Waals surface area contributed by atoms with E-state index in [0.29, 0.717) is 18.3 Å². The van der Waals surface area contributed by atoms with Crippen molar-refractivity contribution >= 4 is 11.9 Å². The van der Waals surface area contributed by atoms with Crippen LogP contribution < -0.4 is 0 Å². The summed E-state index contributed by atoms with van der Waals surface area (Å²) in [4.78, 5) is 25.5. The van der Waals surface area contributed by atoms with Crippen LogP contribution in [0.1, 0.15) is 58.8 Å². The quantitative estimate of drug-likeness (QED) is 0.855. The van der Waals surface area contributed by atoms with Crippen LogP contribution in [0.25, 0.3) is 0 Å². The van der Waals surface area contributed by atoms with E-state index in [1.807, 2.05) is 4.90 Å². The Morgan fingerprint density at radius 1 is 1.05 bits per heavy atom. The molecule has 4 nitrogen and oxygen atoms in total. The Bertz CT molecular complexity index is 372. The van der Waals surface area contributed by atoms with E-state index in [4.69, 9.17) is 0 Å². The molecule has 1 heterocycles. The monoisotopic (exact) mass is 267 g/mol. The van der Waals surface area contributed by atoms with Gasteiger partial charge in [-0.25, -0.2) is 0 Å². The molecule has 1 saturated carbocycles. The number of carbonyl (C=O) groups is 2. The molecule has 0 radical (unpaired) electrons. The molecule has 0 aromatic heterocycles. The fraction of sp³-hybridized carbons (Fsp3) is 0.867. The first-order valence-electron chi connectivity index (χ1n) is 7.36. The third-order valence-corrected chi connectivity index (χ3v) is 4.95. The van der Waals surface area contributed by atoms with E-state index in [0.717, 1.165) is 38.8 Å². The molecule has 1 aliphatic carbocycles. The Labute approximate surface area is 115 Å². The largest absolute Gasteiger partial charge is 0.481 e. The predicted octanol–water partition coefficient (Wildman–Crippen LogP) is 2.67. The Kier molecular flexibility index (Phi) is 3.88. The first-order valence-corrected chi connectivity index (χ1v) is 7.36. The fourth-order valence-corrected chi connectivity index (χ4v) is 3.14. The van der Waals surface area contributed by atoms with E-state index >= 15 is 0 Å². The summed E-state index contributed by atoms with van der Waals surface area (Å²) in [5, 5.41) is 9.30. The second-order valence-corrected chi connectivity index (χ2v) is 7.01. The van der Waals surface area contributed by atoms with Crippen molar-refractivity contribution in [1.29, 1.82) is 0 Å². The normalized spacial score (nSPS) is 25.3. The standard InChI is InChI=1S/C15H25NO3/c1-14(2)5-4-9-16(10-8-14)12(17)11-15(13(18)19)6-3-7-15/h3-11H2,1-2H3,(H,18,19). The maximum Gasteiger partial charge on any atom is 0.310 e. The number of carbonyl (C=O) groups excluding carboxylic acids is 1. The molecule has 1 amide bonds. The lowest BCUT2D eigenvalue weighted by Crippen LogP contribution is -2.44. The van der Waals surface area contributed by atoms with Crippen LogP contribution in [-0.2, 0) is 9.59 Å². The molecular weight excluding hydrogens is 242 g/mol. The number of carboxylic acid groups (broad SMARTS) is 1. The van der Waals surface area contributed by atoms with Gasteiger partial charge in [0.05, 0.1) is 5.41 Å². The molecule has 108 valence electrons. The van der Waals surface area contributed by atoms with E-state index in [1.54, 1.807) is 0 Å². The van der Waals surface area contributed by atoms with E-state index in [9.17, 15) is 14.7 Å². The van der Waals surface area contributed by atoms with Crippen LogP contribution in [0.3, 0.4) is 0 Å². The highest BCUT2D eigenvalue weighted by Crippen LogP contribution is 2.44. The summed E-state index contributed by atoms with van der Waals surface area (Å²) in [6, 6.07) is 0. The number of rotatable bonds is 3. The van der Waals surface area contributed by atoms with Crippen LogP contribution in [0, 0.1) is 10.8 Å². The zero-order chi connectivity index (χ0) is 14.1. The summed E-state index contributed by atoms with van der Waals surface area (Å²) in [7, 11) is 0. The summed E-state index contributed by atoms with van der Waals surface area (Å²) in [5.41, 5.74) is -0.450. The summed E-state index contributed by atoms with van der Waals surface area (Å²) in [6.45, 7) is 6.05. The highest BCUT2D eigenvalue weighted by Gasteiger charge is 2.46. The Balaban J connectivity index is 1.95. The van der Waals surface area contributed by atoms with Crippen LogP contribution >= 0.6 is 0 Å². The van der Waals surface area contributed by atoms with Gasteiger partial charge in [-0.1, -0.05) is 20.3 Å². The highest BCUT2D eigenvalue weighted by atomic mass is 16.4. The SMILES string of the molecule is CC1(C)CCCN(C(=O)CC2(C(=O)O)CCC2)CC1. The van der Waals surface area contributed by atoms with Gasteiger partial charge in [0.2, 0.25) is 5.91 Å². The maximum absolute atomic E-state index is 12.3. The van der Waals surface area contributed by atoms with Crippen LogP contribution in [-0.4, -0.2) is 35.0 Å². The molecule has 2 rings (SSSR count). The maximum atomic E-state index is 12.3. The lowest BCUT2D eigenvalue weighted by molar-refractivity contribution is -0.159. The minimum Gasteiger partial charge on any atom is -0.481 e. The number of carboxylic acids is 1. The minimum atomic E-state index is -0.790. The predicted molar refractivity (Wildman–Crippen MR) is 72.7 cm³/mol. The third-order valence-electron chi connectivity index (χ3n) is 4.95. The second-order valence-electron chi connectivity index (χ2n) is 7.01. The molecule has 2 aliphatic rings. The van der Waals surface area contributed by atoms with Gasteiger partial charge in [0, 0.05) is 19.5 Å². The van der Waals surface area contributed by atoms with Crippen molar-refractivity contribution in [3.8, 4) is 0 Å². The van der Waals surface area contributed by atoms with Gasteiger partial charge in [-0.3, -0.25) is 9.59 Å². The molecule has 0 aromatic carbocycles. The Morgan fingerprint density at radius 2 is 1.74 bits per heavy atom. The van der Waals surface area contributed by atoms with Gasteiger partial charge >= 0.3 is 5.97 Å². The molecule has 1 saturated heterocycles. The zero-order valence-corrected chi connectivity index (χ0v) is 12.1. The molecule has 0 bridgehead atoms. The second kappa shape index (κ2) is 5.14. The van der Waals surface area contributed by atoms with Gasteiger partial charge in [-0.05, 0) is 37.5 Å². The highest BCUT2D eigenvalue weighted by molar-refractivity contribution is 5.85. The van der Waals surface area contributed by atoms with Crippen molar-refractivity contribution in [2.24, 2.45) is 10.8 Å². The third kappa shape index (κ3) is 3.10. The van der Waals surface area contributed by atoms with Gasteiger partial charge < -0.3 is 10.0 Å². The van der Waals surface area contributed by atoms with Crippen molar-refractivity contribution in [3.05, 3.63) is 0 Å². The van der Waals surface area contributed by atoms with Gasteiger partial charge in [0.15, 0.2) is 0 Å². The molecule has 0 spiro atoms. The number of likely N-dealkylation sites (tertiary alicyclic amines) is 1. The van der Waals surface area contributed by atoms with Crippen LogP contribution in [0.5, 0.6) is 0 Å². The smallest absolute Gasteiger partial charge is 0.310 e. The number of nitrogens with zero attached hydrogens (tertiary/aromatic N) is 1. The van der Waals surface area contributed by atoms with Crippen molar-refractivity contribution in [2.45, 2.75) is 58.8 Å². The average Bonchev–Trinajstić information content (AvgIpc) is 2.44.